The lowest BCUT2D eigenvalue weighted by atomic mass is 9.94. The van der Waals surface area contributed by atoms with Crippen LogP contribution < -0.4 is 19.1 Å². The number of benzene rings is 2. The summed E-state index contributed by atoms with van der Waals surface area (Å²) in [7, 11) is 8.57. The molecule has 0 saturated carbocycles. The van der Waals surface area contributed by atoms with Gasteiger partial charge in [-0.2, -0.15) is 0 Å². The molecular formula is C25H31N2O6+. The third-order valence-corrected chi connectivity index (χ3v) is 5.79. The molecule has 2 N–H and O–H groups in total. The van der Waals surface area contributed by atoms with Gasteiger partial charge >= 0.3 is 0 Å². The number of nitrogens with zero attached hydrogens (tertiary/aromatic N) is 1. The van der Waals surface area contributed by atoms with Crippen molar-refractivity contribution in [1.82, 2.24) is 4.90 Å². The Balaban J connectivity index is 2.24. The Labute approximate surface area is 194 Å². The molecule has 8 nitrogen and oxygen atoms in total. The Bertz CT molecular complexity index is 1090. The van der Waals surface area contributed by atoms with Gasteiger partial charge in [-0.15, -0.1) is 0 Å². The minimum atomic E-state index is -0.822. The Morgan fingerprint density at radius 1 is 1.00 bits per heavy atom. The number of carbonyl (C=O) groups excluding carboxylic acids is 2. The van der Waals surface area contributed by atoms with Gasteiger partial charge in [0, 0.05) is 11.1 Å². The maximum atomic E-state index is 13.2. The number of hydrogen-bond acceptors (Lipinski definition) is 6. The molecule has 0 radical (unpaired) electrons. The van der Waals surface area contributed by atoms with Crippen LogP contribution in [0, 0.1) is 6.92 Å². The van der Waals surface area contributed by atoms with Crippen LogP contribution in [-0.4, -0.2) is 70.2 Å². The van der Waals surface area contributed by atoms with Crippen molar-refractivity contribution in [2.45, 2.75) is 13.0 Å². The molecule has 0 bridgehead atoms. The number of aliphatic hydroxyl groups excluding tert-OH is 1. The fourth-order valence-corrected chi connectivity index (χ4v) is 4.01. The second-order valence-corrected chi connectivity index (χ2v) is 8.24. The molecule has 1 saturated heterocycles. The van der Waals surface area contributed by atoms with Gasteiger partial charge < -0.3 is 29.1 Å². The number of hydrogen-bond donors (Lipinski definition) is 2. The van der Waals surface area contributed by atoms with Gasteiger partial charge in [0.25, 0.3) is 11.7 Å². The number of aliphatic hydroxyl groups is 1. The van der Waals surface area contributed by atoms with Gasteiger partial charge in [0.05, 0.1) is 60.1 Å². The van der Waals surface area contributed by atoms with E-state index < -0.39 is 17.7 Å². The van der Waals surface area contributed by atoms with Crippen molar-refractivity contribution in [1.29, 1.82) is 0 Å². The second-order valence-electron chi connectivity index (χ2n) is 8.24. The molecule has 1 aliphatic rings. The summed E-state index contributed by atoms with van der Waals surface area (Å²) in [5.41, 5.74) is 1.81. The molecule has 33 heavy (non-hydrogen) atoms. The predicted molar refractivity (Wildman–Crippen MR) is 124 cm³/mol. The number of methoxy groups -OCH3 is 3. The van der Waals surface area contributed by atoms with Gasteiger partial charge in [-0.1, -0.05) is 0 Å². The van der Waals surface area contributed by atoms with E-state index in [0.29, 0.717) is 41.5 Å². The molecule has 0 spiro atoms. The highest BCUT2D eigenvalue weighted by Crippen LogP contribution is 2.43. The lowest BCUT2D eigenvalue weighted by Gasteiger charge is -2.27. The monoisotopic (exact) mass is 455 g/mol. The lowest BCUT2D eigenvalue weighted by molar-refractivity contribution is -0.857. The SMILES string of the molecule is COc1ccc(OC)c(C2C(=C(O)c3ccc(OC)c(C)c3)C(=O)C(=O)N2CC[NH+](C)C)c1. The van der Waals surface area contributed by atoms with Crippen LogP contribution in [-0.2, 0) is 9.59 Å². The van der Waals surface area contributed by atoms with E-state index in [1.807, 2.05) is 21.0 Å². The third kappa shape index (κ3) is 4.66. The Morgan fingerprint density at radius 2 is 1.67 bits per heavy atom. The van der Waals surface area contributed by atoms with Gasteiger partial charge in [0.1, 0.15) is 23.0 Å². The van der Waals surface area contributed by atoms with E-state index in [0.717, 1.165) is 10.5 Å². The van der Waals surface area contributed by atoms with Crippen LogP contribution in [0.2, 0.25) is 0 Å². The number of ether oxygens (including phenoxy) is 3. The number of nitrogens with one attached hydrogen (secondary N) is 1. The summed E-state index contributed by atoms with van der Waals surface area (Å²) in [6.45, 7) is 2.80. The van der Waals surface area contributed by atoms with Crippen molar-refractivity contribution in [3.63, 3.8) is 0 Å². The summed E-state index contributed by atoms with van der Waals surface area (Å²) in [5.74, 6) is 0.0692. The molecule has 0 aliphatic carbocycles. The van der Waals surface area contributed by atoms with E-state index in [4.69, 9.17) is 14.2 Å². The van der Waals surface area contributed by atoms with Gasteiger partial charge in [-0.3, -0.25) is 9.59 Å². The summed E-state index contributed by atoms with van der Waals surface area (Å²) >= 11 is 0. The minimum absolute atomic E-state index is 0.0184. The fourth-order valence-electron chi connectivity index (χ4n) is 4.01. The fraction of sp³-hybridized carbons (Fsp3) is 0.360. The minimum Gasteiger partial charge on any atom is -0.507 e. The van der Waals surface area contributed by atoms with Crippen LogP contribution in [0.3, 0.4) is 0 Å². The van der Waals surface area contributed by atoms with E-state index in [1.54, 1.807) is 43.5 Å². The number of carbonyl (C=O) groups is 2. The van der Waals surface area contributed by atoms with Crippen LogP contribution in [0.15, 0.2) is 42.0 Å². The molecule has 1 heterocycles. The highest BCUT2D eigenvalue weighted by atomic mass is 16.5. The van der Waals surface area contributed by atoms with Crippen molar-refractivity contribution < 1.29 is 33.8 Å². The molecule has 1 aliphatic heterocycles. The first-order valence-electron chi connectivity index (χ1n) is 10.7. The zero-order valence-electron chi connectivity index (χ0n) is 19.9. The quantitative estimate of drug-likeness (QED) is 0.357. The van der Waals surface area contributed by atoms with Gasteiger partial charge in [0.2, 0.25) is 0 Å². The van der Waals surface area contributed by atoms with E-state index in [1.165, 1.54) is 19.1 Å². The van der Waals surface area contributed by atoms with Crippen molar-refractivity contribution >= 4 is 17.4 Å². The summed E-state index contributed by atoms with van der Waals surface area (Å²) in [6, 6.07) is 9.49. The summed E-state index contributed by atoms with van der Waals surface area (Å²) in [6.07, 6.45) is 0. The first-order chi connectivity index (χ1) is 15.7. The van der Waals surface area contributed by atoms with Crippen molar-refractivity contribution in [2.75, 3.05) is 48.5 Å². The summed E-state index contributed by atoms with van der Waals surface area (Å²) in [5, 5.41) is 11.3. The third-order valence-electron chi connectivity index (χ3n) is 5.79. The molecule has 3 rings (SSSR count). The van der Waals surface area contributed by atoms with Crippen molar-refractivity contribution in [3.05, 3.63) is 58.7 Å². The molecule has 2 aromatic rings. The molecule has 1 unspecified atom stereocenters. The zero-order valence-corrected chi connectivity index (χ0v) is 19.9. The van der Waals surface area contributed by atoms with Crippen molar-refractivity contribution in [2.24, 2.45) is 0 Å². The summed E-state index contributed by atoms with van der Waals surface area (Å²) < 4.78 is 16.2. The van der Waals surface area contributed by atoms with E-state index in [2.05, 4.69) is 0 Å². The number of Topliss-reactive ketones (excluding diaryl/α,β-unsaturated/α-hetero) is 1. The van der Waals surface area contributed by atoms with Gasteiger partial charge in [-0.25, -0.2) is 0 Å². The van der Waals surface area contributed by atoms with Crippen molar-refractivity contribution in [3.8, 4) is 17.2 Å². The predicted octanol–water partition coefficient (Wildman–Crippen LogP) is 1.59. The molecule has 1 amide bonds. The Kier molecular flexibility index (Phi) is 7.28. The number of rotatable bonds is 8. The molecule has 8 heteroatoms. The number of quaternary nitrogens is 1. The molecule has 0 aromatic heterocycles. The van der Waals surface area contributed by atoms with E-state index >= 15 is 0 Å². The number of likely N-dealkylation sites (N-methyl/N-ethyl adjacent to an activating group) is 1. The normalized spacial score (nSPS) is 17.5. The second kappa shape index (κ2) is 9.95. The first kappa shape index (κ1) is 24.1. The molecule has 176 valence electrons. The van der Waals surface area contributed by atoms with Crippen LogP contribution >= 0.6 is 0 Å². The molecular weight excluding hydrogens is 424 g/mol. The smallest absolute Gasteiger partial charge is 0.295 e. The van der Waals surface area contributed by atoms with Gasteiger partial charge in [-0.05, 0) is 48.9 Å². The number of likely N-dealkylation sites (tertiary alicyclic amines) is 1. The summed E-state index contributed by atoms with van der Waals surface area (Å²) in [4.78, 5) is 28.9. The average molecular weight is 456 g/mol. The number of amides is 1. The maximum absolute atomic E-state index is 13.2. The van der Waals surface area contributed by atoms with E-state index in [-0.39, 0.29) is 11.3 Å². The zero-order chi connectivity index (χ0) is 24.3. The molecule has 2 aromatic carbocycles. The largest absolute Gasteiger partial charge is 0.507 e. The van der Waals surface area contributed by atoms with Gasteiger partial charge in [0.15, 0.2) is 0 Å². The molecule has 1 fully saturated rings. The van der Waals surface area contributed by atoms with Crippen LogP contribution in [0.25, 0.3) is 5.76 Å². The average Bonchev–Trinajstić information content (AvgIpc) is 3.06. The lowest BCUT2D eigenvalue weighted by Crippen LogP contribution is -3.06. The highest BCUT2D eigenvalue weighted by Gasteiger charge is 2.47. The number of ketones is 1. The molecule has 1 atom stereocenters. The van der Waals surface area contributed by atoms with Crippen LogP contribution in [0.1, 0.15) is 22.7 Å². The van der Waals surface area contributed by atoms with Crippen LogP contribution in [0.5, 0.6) is 17.2 Å². The van der Waals surface area contributed by atoms with E-state index in [9.17, 15) is 14.7 Å². The highest BCUT2D eigenvalue weighted by molar-refractivity contribution is 6.46. The van der Waals surface area contributed by atoms with Crippen LogP contribution in [0.4, 0.5) is 0 Å². The standard InChI is InChI=1S/C25H30N2O6/c1-15-13-16(7-9-19(15)32-5)23(28)21-22(18-14-17(31-4)8-10-20(18)33-6)27(12-11-26(2)3)25(30)24(21)29/h7-10,13-14,22,28H,11-12H2,1-6H3/p+1. The Hall–Kier alpha value is -3.52. The topological polar surface area (TPSA) is 89.7 Å². The maximum Gasteiger partial charge on any atom is 0.295 e. The Morgan fingerprint density at radius 3 is 2.24 bits per heavy atom. The first-order valence-corrected chi connectivity index (χ1v) is 10.7. The number of aryl methyl sites for hydroxylation is 1.